The Labute approximate surface area is 133 Å². The van der Waals surface area contributed by atoms with Crippen LogP contribution in [0.2, 0.25) is 0 Å². The number of hydrogen-bond donors (Lipinski definition) is 2. The molecule has 24 heavy (non-hydrogen) atoms. The molecule has 2 rings (SSSR count). The van der Waals surface area contributed by atoms with Gasteiger partial charge >= 0.3 is 18.1 Å². The van der Waals surface area contributed by atoms with E-state index in [0.29, 0.717) is 11.3 Å². The van der Waals surface area contributed by atoms with Crippen molar-refractivity contribution in [2.45, 2.75) is 12.4 Å². The number of pyridine rings is 1. The molecule has 9 heteroatoms. The minimum absolute atomic E-state index is 0.0747. The fourth-order valence-corrected chi connectivity index (χ4v) is 1.82. The predicted octanol–water partition coefficient (Wildman–Crippen LogP) is 2.51. The highest BCUT2D eigenvalue weighted by molar-refractivity contribution is 5.88. The van der Waals surface area contributed by atoms with E-state index in [4.69, 9.17) is 10.8 Å². The van der Waals surface area contributed by atoms with Crippen molar-refractivity contribution >= 4 is 11.9 Å². The van der Waals surface area contributed by atoms with Crippen LogP contribution >= 0.6 is 0 Å². The Bertz CT molecular complexity index is 760. The number of carbonyl (C=O) groups excluding carboxylic acids is 1. The monoisotopic (exact) mass is 340 g/mol. The number of halogens is 3. The molecule has 1 aromatic carbocycles. The van der Waals surface area contributed by atoms with E-state index in [1.807, 2.05) is 0 Å². The fraction of sp³-hybridized carbons (Fsp3) is 0.133. The van der Waals surface area contributed by atoms with Crippen LogP contribution in [0.5, 0.6) is 0 Å². The van der Waals surface area contributed by atoms with Gasteiger partial charge in [-0.05, 0) is 24.3 Å². The summed E-state index contributed by atoms with van der Waals surface area (Å²) in [7, 11) is 0. The number of aromatic nitrogens is 1. The lowest BCUT2D eigenvalue weighted by Gasteiger charge is -2.15. The minimum atomic E-state index is -5.14. The molecule has 1 heterocycles. The molecule has 0 aliphatic heterocycles. The Morgan fingerprint density at radius 2 is 1.79 bits per heavy atom. The van der Waals surface area contributed by atoms with Gasteiger partial charge in [0, 0.05) is 17.3 Å². The van der Waals surface area contributed by atoms with Gasteiger partial charge < -0.3 is 9.84 Å². The van der Waals surface area contributed by atoms with Crippen LogP contribution in [0.4, 0.5) is 13.2 Å². The van der Waals surface area contributed by atoms with Crippen molar-refractivity contribution < 1.29 is 32.6 Å². The van der Waals surface area contributed by atoms with Crippen molar-refractivity contribution in [3.05, 3.63) is 53.7 Å². The van der Waals surface area contributed by atoms with Crippen LogP contribution in [0.25, 0.3) is 11.3 Å². The highest BCUT2D eigenvalue weighted by Gasteiger charge is 2.42. The van der Waals surface area contributed by atoms with Gasteiger partial charge in [-0.25, -0.2) is 9.59 Å². The van der Waals surface area contributed by atoms with Gasteiger partial charge in [0.05, 0.1) is 11.3 Å². The Balaban J connectivity index is 2.22. The molecule has 0 radical (unpaired) electrons. The summed E-state index contributed by atoms with van der Waals surface area (Å²) < 4.78 is 40.7. The number of nitrogens with zero attached hydrogens (tertiary/aromatic N) is 1. The largest absolute Gasteiger partial charge is 0.490 e. The Morgan fingerprint density at radius 3 is 2.33 bits per heavy atom. The van der Waals surface area contributed by atoms with Crippen molar-refractivity contribution in [2.75, 3.05) is 0 Å². The molecule has 2 aromatic rings. The topological polar surface area (TPSA) is 103 Å². The molecule has 0 saturated heterocycles. The van der Waals surface area contributed by atoms with Gasteiger partial charge in [-0.1, -0.05) is 12.1 Å². The van der Waals surface area contributed by atoms with E-state index in [-0.39, 0.29) is 11.1 Å². The first-order valence-electron chi connectivity index (χ1n) is 6.51. The molecule has 126 valence electrons. The van der Waals surface area contributed by atoms with Crippen molar-refractivity contribution in [2.24, 2.45) is 5.73 Å². The average Bonchev–Trinajstić information content (AvgIpc) is 2.54. The van der Waals surface area contributed by atoms with Crippen LogP contribution in [0.3, 0.4) is 0 Å². The molecule has 1 unspecified atom stereocenters. The highest BCUT2D eigenvalue weighted by Crippen LogP contribution is 2.24. The summed E-state index contributed by atoms with van der Waals surface area (Å²) in [6.45, 7) is 0. The van der Waals surface area contributed by atoms with Crippen LogP contribution in [-0.4, -0.2) is 28.2 Å². The summed E-state index contributed by atoms with van der Waals surface area (Å²) in [4.78, 5) is 25.6. The summed E-state index contributed by atoms with van der Waals surface area (Å²) in [5.41, 5.74) is 6.50. The molecule has 0 aliphatic carbocycles. The second-order valence-electron chi connectivity index (χ2n) is 4.68. The van der Waals surface area contributed by atoms with E-state index < -0.39 is 24.3 Å². The SMILES string of the molecule is NC(OC(=O)C(F)(F)F)c1ccnc(-c2ccc(C(=O)O)cc2)c1. The smallest absolute Gasteiger partial charge is 0.478 e. The zero-order valence-corrected chi connectivity index (χ0v) is 11.9. The lowest BCUT2D eigenvalue weighted by Crippen LogP contribution is -2.30. The molecule has 0 amide bonds. The summed E-state index contributed by atoms with van der Waals surface area (Å²) in [6, 6.07) is 8.35. The molecule has 1 atom stereocenters. The first-order valence-corrected chi connectivity index (χ1v) is 6.51. The number of aromatic carboxylic acids is 1. The predicted molar refractivity (Wildman–Crippen MR) is 75.7 cm³/mol. The van der Waals surface area contributed by atoms with Crippen molar-refractivity contribution in [3.8, 4) is 11.3 Å². The molecule has 0 aliphatic rings. The van der Waals surface area contributed by atoms with E-state index >= 15 is 0 Å². The maximum absolute atomic E-state index is 12.2. The summed E-state index contributed by atoms with van der Waals surface area (Å²) in [5, 5.41) is 8.84. The Kier molecular flexibility index (Phi) is 4.84. The number of carbonyl (C=O) groups is 2. The van der Waals surface area contributed by atoms with Gasteiger partial charge in [-0.2, -0.15) is 13.2 Å². The molecule has 0 bridgehead atoms. The Hall–Kier alpha value is -2.94. The maximum Gasteiger partial charge on any atom is 0.490 e. The second kappa shape index (κ2) is 6.67. The zero-order valence-electron chi connectivity index (χ0n) is 11.9. The molecular formula is C15H11F3N2O4. The molecule has 0 fully saturated rings. The van der Waals surface area contributed by atoms with Crippen LogP contribution in [0.15, 0.2) is 42.6 Å². The fourth-order valence-electron chi connectivity index (χ4n) is 1.82. The number of nitrogens with two attached hydrogens (primary N) is 1. The van der Waals surface area contributed by atoms with Crippen molar-refractivity contribution in [3.63, 3.8) is 0 Å². The maximum atomic E-state index is 12.2. The van der Waals surface area contributed by atoms with Crippen molar-refractivity contribution in [1.29, 1.82) is 0 Å². The third kappa shape index (κ3) is 4.07. The highest BCUT2D eigenvalue weighted by atomic mass is 19.4. The van der Waals surface area contributed by atoms with Gasteiger partial charge in [-0.3, -0.25) is 10.7 Å². The number of carboxylic acid groups (broad SMARTS) is 1. The summed E-state index contributed by atoms with van der Waals surface area (Å²) in [6.07, 6.45) is -5.46. The number of ether oxygens (including phenoxy) is 1. The van der Waals surface area contributed by atoms with Crippen molar-refractivity contribution in [1.82, 2.24) is 4.98 Å². The molecule has 0 spiro atoms. The molecule has 1 aromatic heterocycles. The first-order chi connectivity index (χ1) is 11.2. The first kappa shape index (κ1) is 17.4. The van der Waals surface area contributed by atoms with E-state index in [1.54, 1.807) is 0 Å². The standard InChI is InChI=1S/C15H11F3N2O4/c16-15(17,18)14(23)24-12(19)10-5-6-20-11(7-10)8-1-3-9(4-2-8)13(21)22/h1-7,12H,19H2,(H,21,22). The Morgan fingerprint density at radius 1 is 1.17 bits per heavy atom. The normalized spacial score (nSPS) is 12.5. The summed E-state index contributed by atoms with van der Waals surface area (Å²) in [5.74, 6) is -3.48. The molecule has 3 N–H and O–H groups in total. The van der Waals surface area contributed by atoms with Gasteiger partial charge in [0.25, 0.3) is 0 Å². The number of alkyl halides is 3. The average molecular weight is 340 g/mol. The van der Waals surface area contributed by atoms with Gasteiger partial charge in [0.1, 0.15) is 0 Å². The minimum Gasteiger partial charge on any atom is -0.478 e. The van der Waals surface area contributed by atoms with Gasteiger partial charge in [0.2, 0.25) is 0 Å². The number of carboxylic acids is 1. The second-order valence-corrected chi connectivity index (χ2v) is 4.68. The summed E-state index contributed by atoms with van der Waals surface area (Å²) >= 11 is 0. The lowest BCUT2D eigenvalue weighted by molar-refractivity contribution is -0.205. The van der Waals surface area contributed by atoms with Crippen LogP contribution < -0.4 is 5.73 Å². The number of benzene rings is 1. The quantitative estimate of drug-likeness (QED) is 0.655. The van der Waals surface area contributed by atoms with Gasteiger partial charge in [-0.15, -0.1) is 0 Å². The van der Waals surface area contributed by atoms with E-state index in [0.717, 1.165) is 0 Å². The van der Waals surface area contributed by atoms with Crippen LogP contribution in [0.1, 0.15) is 22.1 Å². The number of rotatable bonds is 4. The molecule has 0 saturated carbocycles. The molecular weight excluding hydrogens is 329 g/mol. The van der Waals surface area contributed by atoms with E-state index in [9.17, 15) is 22.8 Å². The number of hydrogen-bond acceptors (Lipinski definition) is 5. The van der Waals surface area contributed by atoms with Crippen LogP contribution in [0, 0.1) is 0 Å². The van der Waals surface area contributed by atoms with Gasteiger partial charge in [0.15, 0.2) is 6.23 Å². The molecule has 6 nitrogen and oxygen atoms in total. The lowest BCUT2D eigenvalue weighted by atomic mass is 10.1. The van der Waals surface area contributed by atoms with E-state index in [1.165, 1.54) is 42.6 Å². The third-order valence-corrected chi connectivity index (χ3v) is 3.01. The number of esters is 1. The van der Waals surface area contributed by atoms with E-state index in [2.05, 4.69) is 9.72 Å². The third-order valence-electron chi connectivity index (χ3n) is 3.01. The zero-order chi connectivity index (χ0) is 17.9. The van der Waals surface area contributed by atoms with Crippen LogP contribution in [-0.2, 0) is 9.53 Å².